The monoisotopic (exact) mass is 592 g/mol. The zero-order chi connectivity index (χ0) is 29.9. The number of nitrogens with one attached hydrogen (secondary N) is 1. The van der Waals surface area contributed by atoms with Crippen LogP contribution in [-0.2, 0) is 18.4 Å². The molecule has 0 aliphatic carbocycles. The summed E-state index contributed by atoms with van der Waals surface area (Å²) >= 11 is 0. The van der Waals surface area contributed by atoms with Crippen molar-refractivity contribution in [2.75, 3.05) is 19.8 Å². The average Bonchev–Trinajstić information content (AvgIpc) is 2.92. The Bertz CT molecular complexity index is 666. The molecular formula is C30H61N2O7P. The van der Waals surface area contributed by atoms with Gasteiger partial charge in [-0.1, -0.05) is 122 Å². The number of aliphatic hydroxyl groups is 2. The van der Waals surface area contributed by atoms with Gasteiger partial charge < -0.3 is 26.2 Å². The lowest BCUT2D eigenvalue weighted by molar-refractivity contribution is -0.124. The highest BCUT2D eigenvalue weighted by Crippen LogP contribution is 2.43. The van der Waals surface area contributed by atoms with Gasteiger partial charge in [0.1, 0.15) is 0 Å². The van der Waals surface area contributed by atoms with Gasteiger partial charge in [-0.3, -0.25) is 13.8 Å². The molecule has 0 rings (SSSR count). The molecule has 0 bridgehead atoms. The van der Waals surface area contributed by atoms with Crippen LogP contribution in [0.15, 0.2) is 12.2 Å². The van der Waals surface area contributed by atoms with Crippen LogP contribution in [0.25, 0.3) is 0 Å². The number of carbonyl (C=O) groups is 1. The van der Waals surface area contributed by atoms with Crippen molar-refractivity contribution >= 4 is 13.7 Å². The van der Waals surface area contributed by atoms with Gasteiger partial charge in [0.15, 0.2) is 0 Å². The maximum Gasteiger partial charge on any atom is 0.472 e. The van der Waals surface area contributed by atoms with Gasteiger partial charge >= 0.3 is 7.82 Å². The summed E-state index contributed by atoms with van der Waals surface area (Å²) in [5.41, 5.74) is 5.31. The van der Waals surface area contributed by atoms with Gasteiger partial charge in [-0.15, -0.1) is 0 Å². The molecule has 0 heterocycles. The molecule has 0 aromatic rings. The van der Waals surface area contributed by atoms with Crippen molar-refractivity contribution in [3.05, 3.63) is 12.2 Å². The summed E-state index contributed by atoms with van der Waals surface area (Å²) in [5.74, 6) is -0.452. The molecule has 10 heteroatoms. The zero-order valence-corrected chi connectivity index (χ0v) is 26.3. The van der Waals surface area contributed by atoms with E-state index >= 15 is 0 Å². The van der Waals surface area contributed by atoms with Gasteiger partial charge in [-0.05, 0) is 19.3 Å². The number of phosphoric ester groups is 1. The predicted molar refractivity (Wildman–Crippen MR) is 163 cm³/mol. The molecule has 1 amide bonds. The largest absolute Gasteiger partial charge is 0.472 e. The number of rotatable bonds is 29. The summed E-state index contributed by atoms with van der Waals surface area (Å²) in [7, 11) is -4.38. The molecule has 238 valence electrons. The molecule has 0 aromatic heterocycles. The molecule has 0 aromatic carbocycles. The van der Waals surface area contributed by atoms with Gasteiger partial charge in [0.2, 0.25) is 5.91 Å². The fourth-order valence-corrected chi connectivity index (χ4v) is 5.23. The number of nitrogens with two attached hydrogens (primary N) is 1. The van der Waals surface area contributed by atoms with E-state index in [-0.39, 0.29) is 19.6 Å². The van der Waals surface area contributed by atoms with Gasteiger partial charge in [0.25, 0.3) is 0 Å². The summed E-state index contributed by atoms with van der Waals surface area (Å²) < 4.78 is 21.8. The Balaban J connectivity index is 4.60. The van der Waals surface area contributed by atoms with Crippen LogP contribution < -0.4 is 11.1 Å². The first-order valence-corrected chi connectivity index (χ1v) is 17.4. The lowest BCUT2D eigenvalue weighted by atomic mass is 10.0. The van der Waals surface area contributed by atoms with E-state index in [4.69, 9.17) is 14.8 Å². The van der Waals surface area contributed by atoms with E-state index < -0.39 is 38.6 Å². The second-order valence-corrected chi connectivity index (χ2v) is 12.3. The molecule has 0 fully saturated rings. The summed E-state index contributed by atoms with van der Waals surface area (Å²) in [6.45, 7) is 3.88. The van der Waals surface area contributed by atoms with Crippen LogP contribution in [0.2, 0.25) is 0 Å². The fourth-order valence-electron chi connectivity index (χ4n) is 4.47. The van der Waals surface area contributed by atoms with Crippen LogP contribution in [0.4, 0.5) is 0 Å². The zero-order valence-electron chi connectivity index (χ0n) is 25.4. The number of phosphoric acid groups is 1. The van der Waals surface area contributed by atoms with Crippen molar-refractivity contribution in [1.82, 2.24) is 5.32 Å². The Morgan fingerprint density at radius 2 is 1.38 bits per heavy atom. The third-order valence-corrected chi connectivity index (χ3v) is 7.90. The minimum atomic E-state index is -4.38. The highest BCUT2D eigenvalue weighted by Gasteiger charge is 2.27. The van der Waals surface area contributed by atoms with Gasteiger partial charge in [-0.25, -0.2) is 4.57 Å². The SMILES string of the molecule is CCCCCCCCCC/C=C/C(O)C(COP(=O)(O)OCCN)NC(=O)CC(O)CCCCCCCCCC. The van der Waals surface area contributed by atoms with E-state index in [0.29, 0.717) is 6.42 Å². The summed E-state index contributed by atoms with van der Waals surface area (Å²) in [4.78, 5) is 22.4. The number of amides is 1. The van der Waals surface area contributed by atoms with Crippen molar-refractivity contribution in [2.45, 2.75) is 154 Å². The van der Waals surface area contributed by atoms with Crippen LogP contribution >= 0.6 is 7.82 Å². The van der Waals surface area contributed by atoms with Crippen molar-refractivity contribution in [3.8, 4) is 0 Å². The van der Waals surface area contributed by atoms with Crippen LogP contribution in [-0.4, -0.2) is 59.0 Å². The molecule has 4 unspecified atom stereocenters. The Kier molecular flexibility index (Phi) is 26.5. The Labute approximate surface area is 244 Å². The molecule has 0 saturated heterocycles. The van der Waals surface area contributed by atoms with Gasteiger partial charge in [-0.2, -0.15) is 0 Å². The maximum atomic E-state index is 12.6. The second-order valence-electron chi connectivity index (χ2n) is 10.9. The molecular weight excluding hydrogens is 531 g/mol. The molecule has 0 aliphatic heterocycles. The average molecular weight is 593 g/mol. The summed E-state index contributed by atoms with van der Waals surface area (Å²) in [5, 5.41) is 23.7. The lowest BCUT2D eigenvalue weighted by Crippen LogP contribution is -2.46. The van der Waals surface area contributed by atoms with E-state index in [1.165, 1.54) is 70.6 Å². The molecule has 4 atom stereocenters. The van der Waals surface area contributed by atoms with E-state index in [0.717, 1.165) is 38.5 Å². The number of hydrogen-bond acceptors (Lipinski definition) is 7. The van der Waals surface area contributed by atoms with Crippen molar-refractivity contribution in [1.29, 1.82) is 0 Å². The number of carbonyl (C=O) groups excluding carboxylic acids is 1. The van der Waals surface area contributed by atoms with Crippen molar-refractivity contribution in [2.24, 2.45) is 5.73 Å². The number of aliphatic hydroxyl groups excluding tert-OH is 2. The van der Waals surface area contributed by atoms with E-state index in [1.54, 1.807) is 6.08 Å². The van der Waals surface area contributed by atoms with Gasteiger partial charge in [0.05, 0.1) is 37.9 Å². The van der Waals surface area contributed by atoms with Crippen molar-refractivity contribution in [3.63, 3.8) is 0 Å². The van der Waals surface area contributed by atoms with Gasteiger partial charge in [0, 0.05) is 6.54 Å². The highest BCUT2D eigenvalue weighted by atomic mass is 31.2. The maximum absolute atomic E-state index is 12.6. The normalized spacial score (nSPS) is 15.7. The molecule has 9 nitrogen and oxygen atoms in total. The third kappa shape index (κ3) is 25.0. The standard InChI is InChI=1S/C30H61N2O7P/c1-3-5-7-9-11-13-14-16-18-20-22-29(34)28(26-39-40(36,37)38-24-23-31)32-30(35)25-27(33)21-19-17-15-12-10-8-6-4-2/h20,22,27-29,33-34H,3-19,21,23-26,31H2,1-2H3,(H,32,35)(H,36,37)/b22-20+. The third-order valence-electron chi connectivity index (χ3n) is 6.92. The molecule has 6 N–H and O–H groups in total. The molecule has 0 aliphatic rings. The first-order chi connectivity index (χ1) is 19.3. The smallest absolute Gasteiger partial charge is 0.393 e. The van der Waals surface area contributed by atoms with E-state index in [1.807, 2.05) is 6.08 Å². The second kappa shape index (κ2) is 27.1. The number of unbranched alkanes of at least 4 members (excludes halogenated alkanes) is 15. The van der Waals surface area contributed by atoms with Crippen LogP contribution in [0.3, 0.4) is 0 Å². The fraction of sp³-hybridized carbons (Fsp3) is 0.900. The topological polar surface area (TPSA) is 151 Å². The first kappa shape index (κ1) is 39.2. The van der Waals surface area contributed by atoms with Crippen LogP contribution in [0.5, 0.6) is 0 Å². The summed E-state index contributed by atoms with van der Waals surface area (Å²) in [6, 6.07) is -0.973. The lowest BCUT2D eigenvalue weighted by Gasteiger charge is -2.24. The quantitative estimate of drug-likeness (QED) is 0.0386. The highest BCUT2D eigenvalue weighted by molar-refractivity contribution is 7.47. The minimum Gasteiger partial charge on any atom is -0.393 e. The number of hydrogen-bond donors (Lipinski definition) is 5. The minimum absolute atomic E-state index is 0.0505. The predicted octanol–water partition coefficient (Wildman–Crippen LogP) is 6.29. The molecule has 0 radical (unpaired) electrons. The Morgan fingerprint density at radius 1 is 0.850 bits per heavy atom. The molecule has 0 saturated carbocycles. The summed E-state index contributed by atoms with van der Waals surface area (Å²) in [6.07, 6.45) is 21.7. The number of allylic oxidation sites excluding steroid dienone is 1. The van der Waals surface area contributed by atoms with E-state index in [2.05, 4.69) is 19.2 Å². The van der Waals surface area contributed by atoms with Crippen molar-refractivity contribution < 1.29 is 33.5 Å². The van der Waals surface area contributed by atoms with Crippen LogP contribution in [0.1, 0.15) is 136 Å². The molecule has 40 heavy (non-hydrogen) atoms. The first-order valence-electron chi connectivity index (χ1n) is 15.9. The van der Waals surface area contributed by atoms with Crippen LogP contribution in [0, 0.1) is 0 Å². The Hall–Kier alpha value is -0.800. The van der Waals surface area contributed by atoms with E-state index in [9.17, 15) is 24.5 Å². The Morgan fingerprint density at radius 3 is 1.93 bits per heavy atom. The molecule has 0 spiro atoms.